The SMILES string of the molecule is CCc1ccc2oc(-c3ccc(NC(=S)NC(=O)c4ccc(OCc5ccccc5)cc4)cc3O)nc2c1. The van der Waals surface area contributed by atoms with Crippen LogP contribution in [0.25, 0.3) is 22.6 Å². The number of ether oxygens (including phenoxy) is 1. The van der Waals surface area contributed by atoms with E-state index in [4.69, 9.17) is 21.4 Å². The lowest BCUT2D eigenvalue weighted by Crippen LogP contribution is -2.34. The summed E-state index contributed by atoms with van der Waals surface area (Å²) in [6, 6.07) is 27.4. The Labute approximate surface area is 225 Å². The predicted octanol–water partition coefficient (Wildman–Crippen LogP) is 6.47. The van der Waals surface area contributed by atoms with E-state index in [0.717, 1.165) is 23.1 Å². The van der Waals surface area contributed by atoms with Gasteiger partial charge in [-0.05, 0) is 78.3 Å². The number of fused-ring (bicyclic) bond motifs is 1. The molecular formula is C30H25N3O4S. The molecule has 3 N–H and O–H groups in total. The number of phenolic OH excluding ortho intramolecular Hbond substituents is 1. The molecule has 4 aromatic carbocycles. The van der Waals surface area contributed by atoms with Gasteiger partial charge in [0.15, 0.2) is 10.7 Å². The van der Waals surface area contributed by atoms with Gasteiger partial charge in [-0.3, -0.25) is 10.1 Å². The molecule has 1 aromatic heterocycles. The Bertz CT molecular complexity index is 1600. The van der Waals surface area contributed by atoms with E-state index in [1.54, 1.807) is 36.4 Å². The zero-order valence-electron chi connectivity index (χ0n) is 20.6. The van der Waals surface area contributed by atoms with Gasteiger partial charge in [0, 0.05) is 17.3 Å². The van der Waals surface area contributed by atoms with E-state index in [1.807, 2.05) is 48.5 Å². The molecule has 1 heterocycles. The first-order chi connectivity index (χ1) is 18.5. The highest BCUT2D eigenvalue weighted by Crippen LogP contribution is 2.33. The fraction of sp³-hybridized carbons (Fsp3) is 0.100. The van der Waals surface area contributed by atoms with Crippen molar-refractivity contribution in [2.75, 3.05) is 5.32 Å². The van der Waals surface area contributed by atoms with E-state index in [2.05, 4.69) is 22.5 Å². The molecule has 7 nitrogen and oxygen atoms in total. The Kier molecular flexibility index (Phi) is 7.33. The Morgan fingerprint density at radius 3 is 2.50 bits per heavy atom. The van der Waals surface area contributed by atoms with Crippen LogP contribution in [-0.2, 0) is 13.0 Å². The van der Waals surface area contributed by atoms with Crippen LogP contribution in [0.4, 0.5) is 5.69 Å². The van der Waals surface area contributed by atoms with Crippen molar-refractivity contribution in [3.63, 3.8) is 0 Å². The fourth-order valence-electron chi connectivity index (χ4n) is 3.88. The molecule has 5 aromatic rings. The maximum Gasteiger partial charge on any atom is 0.257 e. The summed E-state index contributed by atoms with van der Waals surface area (Å²) in [6.07, 6.45) is 0.897. The second-order valence-electron chi connectivity index (χ2n) is 8.61. The molecule has 0 fully saturated rings. The van der Waals surface area contributed by atoms with Gasteiger partial charge in [0.05, 0.1) is 5.56 Å². The standard InChI is InChI=1S/C30H25N3O4S/c1-2-19-8-15-27-25(16-19)32-29(37-27)24-14-11-22(17-26(24)34)31-30(38)33-28(35)21-9-12-23(13-10-21)36-18-20-6-4-3-5-7-20/h3-17,34H,2,18H2,1H3,(H2,31,33,35,38). The Hall–Kier alpha value is -4.69. The summed E-state index contributed by atoms with van der Waals surface area (Å²) < 4.78 is 11.6. The number of carbonyl (C=O) groups excluding carboxylic acids is 1. The molecule has 0 spiro atoms. The Balaban J connectivity index is 1.18. The number of carbonyl (C=O) groups is 1. The second-order valence-corrected chi connectivity index (χ2v) is 9.02. The largest absolute Gasteiger partial charge is 0.507 e. The van der Waals surface area contributed by atoms with E-state index < -0.39 is 0 Å². The minimum Gasteiger partial charge on any atom is -0.507 e. The molecule has 0 radical (unpaired) electrons. The van der Waals surface area contributed by atoms with Crippen molar-refractivity contribution >= 4 is 40.0 Å². The van der Waals surface area contributed by atoms with Crippen molar-refractivity contribution in [2.24, 2.45) is 0 Å². The molecule has 1 amide bonds. The maximum atomic E-state index is 12.6. The molecule has 0 unspecified atom stereocenters. The number of anilines is 1. The summed E-state index contributed by atoms with van der Waals surface area (Å²) in [6.45, 7) is 2.52. The third-order valence-electron chi connectivity index (χ3n) is 5.94. The molecule has 38 heavy (non-hydrogen) atoms. The van der Waals surface area contributed by atoms with Crippen LogP contribution in [0, 0.1) is 0 Å². The number of phenols is 1. The Morgan fingerprint density at radius 1 is 0.974 bits per heavy atom. The van der Waals surface area contributed by atoms with Gasteiger partial charge < -0.3 is 19.6 Å². The minimum atomic E-state index is -0.365. The van der Waals surface area contributed by atoms with Crippen molar-refractivity contribution < 1.29 is 19.1 Å². The number of benzene rings is 4. The van der Waals surface area contributed by atoms with Gasteiger partial charge >= 0.3 is 0 Å². The van der Waals surface area contributed by atoms with Gasteiger partial charge in [-0.25, -0.2) is 4.98 Å². The number of amides is 1. The van der Waals surface area contributed by atoms with E-state index >= 15 is 0 Å². The highest BCUT2D eigenvalue weighted by molar-refractivity contribution is 7.80. The van der Waals surface area contributed by atoms with E-state index in [0.29, 0.717) is 40.6 Å². The van der Waals surface area contributed by atoms with Crippen LogP contribution in [0.1, 0.15) is 28.4 Å². The number of hydrogen-bond donors (Lipinski definition) is 3. The van der Waals surface area contributed by atoms with Gasteiger partial charge in [-0.1, -0.05) is 43.3 Å². The van der Waals surface area contributed by atoms with Crippen LogP contribution in [0.3, 0.4) is 0 Å². The summed E-state index contributed by atoms with van der Waals surface area (Å²) in [5, 5.41) is 16.3. The topological polar surface area (TPSA) is 96.6 Å². The molecule has 5 rings (SSSR count). The van der Waals surface area contributed by atoms with Crippen molar-refractivity contribution in [3.05, 3.63) is 108 Å². The molecule has 0 aliphatic carbocycles. The van der Waals surface area contributed by atoms with Crippen LogP contribution in [0.2, 0.25) is 0 Å². The number of aryl methyl sites for hydroxylation is 1. The Morgan fingerprint density at radius 2 is 1.76 bits per heavy atom. The van der Waals surface area contributed by atoms with Crippen molar-refractivity contribution in [1.82, 2.24) is 10.3 Å². The third-order valence-corrected chi connectivity index (χ3v) is 6.14. The summed E-state index contributed by atoms with van der Waals surface area (Å²) in [5.41, 5.74) is 4.99. The summed E-state index contributed by atoms with van der Waals surface area (Å²) in [5.74, 6) is 0.587. The quantitative estimate of drug-likeness (QED) is 0.210. The first-order valence-corrected chi connectivity index (χ1v) is 12.5. The highest BCUT2D eigenvalue weighted by atomic mass is 32.1. The van der Waals surface area contributed by atoms with Gasteiger partial charge in [0.2, 0.25) is 5.89 Å². The molecule has 0 aliphatic heterocycles. The van der Waals surface area contributed by atoms with Crippen molar-refractivity contribution in [1.29, 1.82) is 0 Å². The normalized spacial score (nSPS) is 10.8. The van der Waals surface area contributed by atoms with E-state index in [1.165, 1.54) is 6.07 Å². The zero-order chi connectivity index (χ0) is 26.5. The number of aromatic hydroxyl groups is 1. The number of hydrogen-bond acceptors (Lipinski definition) is 6. The van der Waals surface area contributed by atoms with Crippen LogP contribution in [-0.4, -0.2) is 21.1 Å². The predicted molar refractivity (Wildman–Crippen MR) is 151 cm³/mol. The third kappa shape index (κ3) is 5.82. The molecular weight excluding hydrogens is 498 g/mol. The monoisotopic (exact) mass is 523 g/mol. The van der Waals surface area contributed by atoms with Crippen molar-refractivity contribution in [3.8, 4) is 23.0 Å². The van der Waals surface area contributed by atoms with Crippen LogP contribution in [0.5, 0.6) is 11.5 Å². The van der Waals surface area contributed by atoms with Gasteiger partial charge in [0.25, 0.3) is 5.91 Å². The summed E-state index contributed by atoms with van der Waals surface area (Å²) in [7, 11) is 0. The highest BCUT2D eigenvalue weighted by Gasteiger charge is 2.14. The number of rotatable bonds is 7. The van der Waals surface area contributed by atoms with Gasteiger partial charge in [-0.2, -0.15) is 0 Å². The maximum absolute atomic E-state index is 12.6. The first kappa shape index (κ1) is 25.0. The minimum absolute atomic E-state index is 0.0301. The molecule has 8 heteroatoms. The molecule has 190 valence electrons. The van der Waals surface area contributed by atoms with Crippen LogP contribution in [0.15, 0.2) is 95.4 Å². The molecule has 0 saturated carbocycles. The lowest BCUT2D eigenvalue weighted by molar-refractivity contribution is 0.0977. The number of thiocarbonyl (C=S) groups is 1. The van der Waals surface area contributed by atoms with E-state index in [-0.39, 0.29) is 16.8 Å². The number of nitrogens with one attached hydrogen (secondary N) is 2. The van der Waals surface area contributed by atoms with Gasteiger partial charge in [-0.15, -0.1) is 0 Å². The number of oxazole rings is 1. The van der Waals surface area contributed by atoms with Crippen LogP contribution < -0.4 is 15.4 Å². The zero-order valence-corrected chi connectivity index (χ0v) is 21.4. The number of aromatic nitrogens is 1. The number of nitrogens with zero attached hydrogens (tertiary/aromatic N) is 1. The smallest absolute Gasteiger partial charge is 0.257 e. The van der Waals surface area contributed by atoms with Crippen LogP contribution >= 0.6 is 12.2 Å². The fourth-order valence-corrected chi connectivity index (χ4v) is 4.09. The molecule has 0 atom stereocenters. The summed E-state index contributed by atoms with van der Waals surface area (Å²) >= 11 is 5.29. The lowest BCUT2D eigenvalue weighted by Gasteiger charge is -2.11. The average Bonchev–Trinajstić information content (AvgIpc) is 3.35. The lowest BCUT2D eigenvalue weighted by atomic mass is 10.1. The van der Waals surface area contributed by atoms with Gasteiger partial charge in [0.1, 0.15) is 23.6 Å². The second kappa shape index (κ2) is 11.1. The molecule has 0 bridgehead atoms. The van der Waals surface area contributed by atoms with E-state index in [9.17, 15) is 9.90 Å². The first-order valence-electron chi connectivity index (χ1n) is 12.1. The molecule has 0 saturated heterocycles. The molecule has 0 aliphatic rings. The van der Waals surface area contributed by atoms with Crippen molar-refractivity contribution in [2.45, 2.75) is 20.0 Å². The summed E-state index contributed by atoms with van der Waals surface area (Å²) in [4.78, 5) is 17.1. The average molecular weight is 524 g/mol.